The summed E-state index contributed by atoms with van der Waals surface area (Å²) in [6.45, 7) is 3.69. The number of hydrogen-bond acceptors (Lipinski definition) is 2. The van der Waals surface area contributed by atoms with Crippen molar-refractivity contribution in [2.75, 3.05) is 20.3 Å². The summed E-state index contributed by atoms with van der Waals surface area (Å²) in [6, 6.07) is 7.46. The molecule has 0 amide bonds. The predicted octanol–water partition coefficient (Wildman–Crippen LogP) is 4.60. The minimum atomic E-state index is 0.528. The molecule has 4 heteroatoms. The van der Waals surface area contributed by atoms with E-state index in [0.717, 1.165) is 13.2 Å². The van der Waals surface area contributed by atoms with Crippen molar-refractivity contribution in [3.63, 3.8) is 0 Å². The van der Waals surface area contributed by atoms with Crippen molar-refractivity contribution in [3.8, 4) is 0 Å². The number of halogens is 2. The van der Waals surface area contributed by atoms with Crippen LogP contribution in [0.2, 0.25) is 10.0 Å². The first kappa shape index (κ1) is 15.6. The van der Waals surface area contributed by atoms with E-state index in [9.17, 15) is 0 Å². The zero-order valence-electron chi connectivity index (χ0n) is 12.7. The number of piperidine rings is 1. The maximum atomic E-state index is 6.23. The lowest BCUT2D eigenvalue weighted by Crippen LogP contribution is -2.47. The van der Waals surface area contributed by atoms with Gasteiger partial charge in [-0.05, 0) is 56.8 Å². The largest absolute Gasteiger partial charge is 0.381 e. The van der Waals surface area contributed by atoms with Crippen LogP contribution in [0, 0.1) is 5.92 Å². The Bertz CT molecular complexity index is 508. The van der Waals surface area contributed by atoms with Crippen LogP contribution in [0.5, 0.6) is 0 Å². The fraction of sp³-hybridized carbons (Fsp3) is 0.647. The molecule has 2 heterocycles. The minimum absolute atomic E-state index is 0.528. The molecule has 4 atom stereocenters. The number of benzene rings is 1. The van der Waals surface area contributed by atoms with Gasteiger partial charge in [-0.3, -0.25) is 0 Å². The number of hydrogen-bond donors (Lipinski definition) is 0. The van der Waals surface area contributed by atoms with Crippen LogP contribution in [0.3, 0.4) is 0 Å². The SMILES string of the molecule is CCOC[C@@H]1[C@@H](c2ccc(Cl)c(Cl)c2)C[C@H]2CC[C@@H]1N2C. The highest BCUT2D eigenvalue weighted by molar-refractivity contribution is 6.42. The van der Waals surface area contributed by atoms with Gasteiger partial charge < -0.3 is 9.64 Å². The second-order valence-electron chi connectivity index (χ2n) is 6.30. The van der Waals surface area contributed by atoms with E-state index >= 15 is 0 Å². The molecule has 2 aliphatic rings. The first-order valence-electron chi connectivity index (χ1n) is 7.86. The van der Waals surface area contributed by atoms with Crippen LogP contribution in [0.15, 0.2) is 18.2 Å². The Hall–Kier alpha value is -0.280. The zero-order valence-corrected chi connectivity index (χ0v) is 14.2. The molecule has 0 unspecified atom stereocenters. The lowest BCUT2D eigenvalue weighted by Gasteiger charge is -2.43. The third kappa shape index (κ3) is 2.96. The van der Waals surface area contributed by atoms with Crippen molar-refractivity contribution in [3.05, 3.63) is 33.8 Å². The molecule has 0 radical (unpaired) electrons. The molecule has 2 saturated heterocycles. The van der Waals surface area contributed by atoms with Crippen LogP contribution >= 0.6 is 23.2 Å². The van der Waals surface area contributed by atoms with Gasteiger partial charge in [-0.1, -0.05) is 29.3 Å². The Morgan fingerprint density at radius 3 is 2.76 bits per heavy atom. The summed E-state index contributed by atoms with van der Waals surface area (Å²) in [4.78, 5) is 2.57. The fourth-order valence-electron chi connectivity index (χ4n) is 4.18. The van der Waals surface area contributed by atoms with Gasteiger partial charge in [0.1, 0.15) is 0 Å². The highest BCUT2D eigenvalue weighted by Crippen LogP contribution is 2.46. The molecule has 0 N–H and O–H groups in total. The van der Waals surface area contributed by atoms with Crippen molar-refractivity contribution in [1.82, 2.24) is 4.90 Å². The van der Waals surface area contributed by atoms with Crippen molar-refractivity contribution >= 4 is 23.2 Å². The Balaban J connectivity index is 1.88. The van der Waals surface area contributed by atoms with E-state index in [1.54, 1.807) is 0 Å². The number of nitrogens with zero attached hydrogens (tertiary/aromatic N) is 1. The quantitative estimate of drug-likeness (QED) is 0.801. The van der Waals surface area contributed by atoms with Gasteiger partial charge in [0.15, 0.2) is 0 Å². The number of fused-ring (bicyclic) bond motifs is 2. The fourth-order valence-corrected chi connectivity index (χ4v) is 4.49. The molecule has 2 bridgehead atoms. The van der Waals surface area contributed by atoms with E-state index < -0.39 is 0 Å². The molecular formula is C17H23Cl2NO. The molecule has 0 aromatic heterocycles. The first-order valence-corrected chi connectivity index (χ1v) is 8.62. The van der Waals surface area contributed by atoms with Crippen molar-refractivity contribution < 1.29 is 4.74 Å². The van der Waals surface area contributed by atoms with Gasteiger partial charge in [-0.2, -0.15) is 0 Å². The van der Waals surface area contributed by atoms with E-state index in [2.05, 4.69) is 31.0 Å². The normalized spacial score (nSPS) is 32.6. The van der Waals surface area contributed by atoms with Crippen LogP contribution in [-0.4, -0.2) is 37.2 Å². The van der Waals surface area contributed by atoms with E-state index in [4.69, 9.17) is 27.9 Å². The van der Waals surface area contributed by atoms with E-state index in [0.29, 0.717) is 34.0 Å². The Labute approximate surface area is 137 Å². The molecule has 0 spiro atoms. The van der Waals surface area contributed by atoms with Crippen LogP contribution < -0.4 is 0 Å². The van der Waals surface area contributed by atoms with Gasteiger partial charge in [0, 0.05) is 24.6 Å². The highest BCUT2D eigenvalue weighted by atomic mass is 35.5. The van der Waals surface area contributed by atoms with Crippen LogP contribution in [0.4, 0.5) is 0 Å². The van der Waals surface area contributed by atoms with Crippen molar-refractivity contribution in [1.29, 1.82) is 0 Å². The van der Waals surface area contributed by atoms with Gasteiger partial charge >= 0.3 is 0 Å². The summed E-state index contributed by atoms with van der Waals surface area (Å²) in [7, 11) is 2.27. The summed E-state index contributed by atoms with van der Waals surface area (Å²) in [6.07, 6.45) is 3.79. The summed E-state index contributed by atoms with van der Waals surface area (Å²) in [5, 5.41) is 1.30. The second-order valence-corrected chi connectivity index (χ2v) is 7.12. The molecule has 2 aliphatic heterocycles. The van der Waals surface area contributed by atoms with Crippen molar-refractivity contribution in [2.45, 2.75) is 44.2 Å². The summed E-state index contributed by atoms with van der Waals surface area (Å²) < 4.78 is 5.79. The molecular weight excluding hydrogens is 305 g/mol. The lowest BCUT2D eigenvalue weighted by molar-refractivity contribution is 0.0253. The smallest absolute Gasteiger partial charge is 0.0595 e. The number of ether oxygens (including phenoxy) is 1. The topological polar surface area (TPSA) is 12.5 Å². The maximum Gasteiger partial charge on any atom is 0.0595 e. The zero-order chi connectivity index (χ0) is 15.0. The van der Waals surface area contributed by atoms with Gasteiger partial charge in [0.2, 0.25) is 0 Å². The monoisotopic (exact) mass is 327 g/mol. The third-order valence-electron chi connectivity index (χ3n) is 5.32. The number of rotatable bonds is 4. The molecule has 1 aromatic rings. The Morgan fingerprint density at radius 1 is 1.24 bits per heavy atom. The molecule has 0 aliphatic carbocycles. The van der Waals surface area contributed by atoms with Crippen molar-refractivity contribution in [2.24, 2.45) is 5.92 Å². The third-order valence-corrected chi connectivity index (χ3v) is 6.06. The van der Waals surface area contributed by atoms with Crippen LogP contribution in [-0.2, 0) is 4.74 Å². The molecule has 2 nitrogen and oxygen atoms in total. The van der Waals surface area contributed by atoms with Gasteiger partial charge in [-0.25, -0.2) is 0 Å². The van der Waals surface area contributed by atoms with Crippen LogP contribution in [0.25, 0.3) is 0 Å². The minimum Gasteiger partial charge on any atom is -0.381 e. The standard InChI is InChI=1S/C17H23Cl2NO/c1-3-21-10-14-13(9-12-5-7-17(14)20(12)2)11-4-6-15(18)16(19)8-11/h4,6,8,12-14,17H,3,5,7,9-10H2,1-2H3/t12-,13-,14-,17+/m1/s1. The molecule has 1 aromatic carbocycles. The summed E-state index contributed by atoms with van der Waals surface area (Å²) >= 11 is 12.3. The Morgan fingerprint density at radius 2 is 2.05 bits per heavy atom. The maximum absolute atomic E-state index is 6.23. The van der Waals surface area contributed by atoms with E-state index in [1.165, 1.54) is 24.8 Å². The molecule has 0 saturated carbocycles. The Kier molecular flexibility index (Phi) is 4.80. The first-order chi connectivity index (χ1) is 10.1. The van der Waals surface area contributed by atoms with Gasteiger partial charge in [-0.15, -0.1) is 0 Å². The average Bonchev–Trinajstić information content (AvgIpc) is 2.72. The summed E-state index contributed by atoms with van der Waals surface area (Å²) in [5.41, 5.74) is 1.32. The van der Waals surface area contributed by atoms with Gasteiger partial charge in [0.25, 0.3) is 0 Å². The van der Waals surface area contributed by atoms with E-state index in [1.807, 2.05) is 6.07 Å². The van der Waals surface area contributed by atoms with Gasteiger partial charge in [0.05, 0.1) is 16.7 Å². The highest BCUT2D eigenvalue weighted by Gasteiger charge is 2.45. The predicted molar refractivity (Wildman–Crippen MR) is 88.4 cm³/mol. The lowest BCUT2D eigenvalue weighted by atomic mass is 9.76. The summed E-state index contributed by atoms with van der Waals surface area (Å²) in [5.74, 6) is 1.07. The molecule has 3 rings (SSSR count). The molecule has 21 heavy (non-hydrogen) atoms. The average molecular weight is 328 g/mol. The van der Waals surface area contributed by atoms with Crippen LogP contribution in [0.1, 0.15) is 37.7 Å². The molecule has 2 fully saturated rings. The molecule has 116 valence electrons. The second kappa shape index (κ2) is 6.45. The van der Waals surface area contributed by atoms with E-state index in [-0.39, 0.29) is 0 Å².